The van der Waals surface area contributed by atoms with Gasteiger partial charge in [-0.25, -0.2) is 0 Å². The van der Waals surface area contributed by atoms with E-state index in [9.17, 15) is 5.11 Å². The van der Waals surface area contributed by atoms with Crippen molar-refractivity contribution in [2.75, 3.05) is 0 Å². The molecule has 1 atom stereocenters. The summed E-state index contributed by atoms with van der Waals surface area (Å²) in [5.41, 5.74) is 6.79. The number of fused-ring (bicyclic) bond motifs is 3. The summed E-state index contributed by atoms with van der Waals surface area (Å²) in [5.74, 6) is 0. The fourth-order valence-corrected chi connectivity index (χ4v) is 2.73. The summed E-state index contributed by atoms with van der Waals surface area (Å²) < 4.78 is 0. The molecule has 0 saturated carbocycles. The molecule has 0 fully saturated rings. The summed E-state index contributed by atoms with van der Waals surface area (Å²) in [7, 11) is 0. The normalized spacial score (nSPS) is 14.2. The van der Waals surface area contributed by atoms with Gasteiger partial charge in [0.2, 0.25) is 0 Å². The molecule has 0 saturated heterocycles. The topological polar surface area (TPSA) is 20.2 Å². The molecule has 1 heteroatoms. The van der Waals surface area contributed by atoms with Gasteiger partial charge in [0.1, 0.15) is 0 Å². The Balaban J connectivity index is 2.11. The minimum absolute atomic E-state index is 0.273. The molecule has 0 bridgehead atoms. The van der Waals surface area contributed by atoms with Gasteiger partial charge in [-0.3, -0.25) is 0 Å². The first-order valence-electron chi connectivity index (χ1n) is 6.13. The lowest BCUT2D eigenvalue weighted by molar-refractivity contribution is 0.195. The minimum atomic E-state index is -0.273. The van der Waals surface area contributed by atoms with E-state index in [1.807, 2.05) is 6.92 Å². The van der Waals surface area contributed by atoms with Crippen molar-refractivity contribution in [3.8, 4) is 11.1 Å². The van der Waals surface area contributed by atoms with Gasteiger partial charge in [-0.1, -0.05) is 42.5 Å². The van der Waals surface area contributed by atoms with Crippen LogP contribution < -0.4 is 0 Å². The van der Waals surface area contributed by atoms with E-state index in [-0.39, 0.29) is 6.10 Å². The van der Waals surface area contributed by atoms with Gasteiger partial charge in [0.25, 0.3) is 0 Å². The number of rotatable bonds is 2. The van der Waals surface area contributed by atoms with Gasteiger partial charge in [-0.2, -0.15) is 0 Å². The molecular formula is C16H16O. The quantitative estimate of drug-likeness (QED) is 0.709. The van der Waals surface area contributed by atoms with Crippen LogP contribution in [0.4, 0.5) is 0 Å². The number of hydrogen-bond acceptors (Lipinski definition) is 1. The number of aliphatic hydroxyl groups is 1. The molecule has 1 nitrogen and oxygen atoms in total. The van der Waals surface area contributed by atoms with E-state index in [1.54, 1.807) is 0 Å². The van der Waals surface area contributed by atoms with Crippen molar-refractivity contribution >= 4 is 0 Å². The SMILES string of the molecule is CC(O)Cc1cccc2c1Cc1ccccc1-2. The third kappa shape index (κ3) is 1.77. The Morgan fingerprint density at radius 1 is 1.06 bits per heavy atom. The predicted octanol–water partition coefficient (Wildman–Crippen LogP) is 3.18. The maximum atomic E-state index is 9.55. The second-order valence-electron chi connectivity index (χ2n) is 4.83. The molecule has 2 aromatic carbocycles. The van der Waals surface area contributed by atoms with Gasteiger partial charge in [-0.15, -0.1) is 0 Å². The molecule has 1 aliphatic carbocycles. The first kappa shape index (κ1) is 10.5. The zero-order chi connectivity index (χ0) is 11.8. The van der Waals surface area contributed by atoms with Crippen LogP contribution in [0.1, 0.15) is 23.6 Å². The van der Waals surface area contributed by atoms with Crippen LogP contribution in [0.3, 0.4) is 0 Å². The van der Waals surface area contributed by atoms with Gasteiger partial charge < -0.3 is 5.11 Å². The molecule has 0 aliphatic heterocycles. The van der Waals surface area contributed by atoms with Gasteiger partial charge in [-0.05, 0) is 47.6 Å². The van der Waals surface area contributed by atoms with E-state index in [0.29, 0.717) is 0 Å². The van der Waals surface area contributed by atoms with Gasteiger partial charge in [0.05, 0.1) is 6.10 Å². The first-order chi connectivity index (χ1) is 8.25. The molecule has 1 unspecified atom stereocenters. The van der Waals surface area contributed by atoms with Crippen LogP contribution in [0, 0.1) is 0 Å². The summed E-state index contributed by atoms with van der Waals surface area (Å²) in [4.78, 5) is 0. The van der Waals surface area contributed by atoms with Crippen LogP contribution in [-0.2, 0) is 12.8 Å². The highest BCUT2D eigenvalue weighted by atomic mass is 16.3. The Hall–Kier alpha value is -1.60. The summed E-state index contributed by atoms with van der Waals surface area (Å²) in [6.07, 6.45) is 1.48. The predicted molar refractivity (Wildman–Crippen MR) is 70.1 cm³/mol. The lowest BCUT2D eigenvalue weighted by Gasteiger charge is -2.10. The lowest BCUT2D eigenvalue weighted by atomic mass is 9.97. The first-order valence-corrected chi connectivity index (χ1v) is 6.13. The van der Waals surface area contributed by atoms with Crippen LogP contribution in [0.5, 0.6) is 0 Å². The van der Waals surface area contributed by atoms with Crippen molar-refractivity contribution in [2.24, 2.45) is 0 Å². The van der Waals surface area contributed by atoms with Crippen LogP contribution in [-0.4, -0.2) is 11.2 Å². The van der Waals surface area contributed by atoms with Crippen molar-refractivity contribution in [3.63, 3.8) is 0 Å². The third-order valence-corrected chi connectivity index (χ3v) is 3.46. The van der Waals surface area contributed by atoms with E-state index >= 15 is 0 Å². The fraction of sp³-hybridized carbons (Fsp3) is 0.250. The largest absolute Gasteiger partial charge is 0.393 e. The smallest absolute Gasteiger partial charge is 0.0552 e. The number of benzene rings is 2. The van der Waals surface area contributed by atoms with E-state index in [0.717, 1.165) is 12.8 Å². The van der Waals surface area contributed by atoms with Gasteiger partial charge in [0.15, 0.2) is 0 Å². The van der Waals surface area contributed by atoms with Crippen LogP contribution in [0.25, 0.3) is 11.1 Å². The highest BCUT2D eigenvalue weighted by molar-refractivity contribution is 5.77. The monoisotopic (exact) mass is 224 g/mol. The Kier molecular flexibility index (Phi) is 2.49. The molecular weight excluding hydrogens is 208 g/mol. The Morgan fingerprint density at radius 3 is 2.65 bits per heavy atom. The summed E-state index contributed by atoms with van der Waals surface area (Å²) >= 11 is 0. The van der Waals surface area contributed by atoms with E-state index in [1.165, 1.54) is 27.8 Å². The maximum absolute atomic E-state index is 9.55. The van der Waals surface area contributed by atoms with Crippen molar-refractivity contribution in [1.82, 2.24) is 0 Å². The lowest BCUT2D eigenvalue weighted by Crippen LogP contribution is -2.06. The third-order valence-electron chi connectivity index (χ3n) is 3.46. The van der Waals surface area contributed by atoms with E-state index < -0.39 is 0 Å². The van der Waals surface area contributed by atoms with Crippen molar-refractivity contribution in [1.29, 1.82) is 0 Å². The van der Waals surface area contributed by atoms with Gasteiger partial charge >= 0.3 is 0 Å². The average molecular weight is 224 g/mol. The summed E-state index contributed by atoms with van der Waals surface area (Å²) in [5, 5.41) is 9.55. The zero-order valence-corrected chi connectivity index (χ0v) is 9.98. The molecule has 0 heterocycles. The van der Waals surface area contributed by atoms with E-state index in [2.05, 4.69) is 42.5 Å². The number of hydrogen-bond donors (Lipinski definition) is 1. The Labute approximate surface area is 102 Å². The van der Waals surface area contributed by atoms with Crippen molar-refractivity contribution in [3.05, 3.63) is 59.2 Å². The van der Waals surface area contributed by atoms with E-state index in [4.69, 9.17) is 0 Å². The number of aliphatic hydroxyl groups excluding tert-OH is 1. The molecule has 1 aliphatic rings. The molecule has 0 spiro atoms. The highest BCUT2D eigenvalue weighted by Gasteiger charge is 2.20. The molecule has 0 aromatic heterocycles. The maximum Gasteiger partial charge on any atom is 0.0552 e. The highest BCUT2D eigenvalue weighted by Crippen LogP contribution is 2.38. The standard InChI is InChI=1S/C16H16O/c1-11(17)9-12-6-4-8-15-14-7-3-2-5-13(14)10-16(12)15/h2-8,11,17H,9-10H2,1H3. The molecule has 1 N–H and O–H groups in total. The molecule has 0 radical (unpaired) electrons. The molecule has 3 rings (SSSR count). The molecule has 86 valence electrons. The van der Waals surface area contributed by atoms with Crippen LogP contribution in [0.2, 0.25) is 0 Å². The molecule has 0 amide bonds. The Morgan fingerprint density at radius 2 is 1.82 bits per heavy atom. The van der Waals surface area contributed by atoms with Gasteiger partial charge in [0, 0.05) is 0 Å². The molecule has 17 heavy (non-hydrogen) atoms. The fourth-order valence-electron chi connectivity index (χ4n) is 2.73. The Bertz CT molecular complexity index is 555. The zero-order valence-electron chi connectivity index (χ0n) is 9.98. The second kappa shape index (κ2) is 4.01. The second-order valence-corrected chi connectivity index (χ2v) is 4.83. The minimum Gasteiger partial charge on any atom is -0.393 e. The summed E-state index contributed by atoms with van der Waals surface area (Å²) in [6, 6.07) is 15.0. The summed E-state index contributed by atoms with van der Waals surface area (Å²) in [6.45, 7) is 1.85. The average Bonchev–Trinajstić information content (AvgIpc) is 2.68. The van der Waals surface area contributed by atoms with Crippen molar-refractivity contribution in [2.45, 2.75) is 25.9 Å². The van der Waals surface area contributed by atoms with Crippen LogP contribution in [0.15, 0.2) is 42.5 Å². The molecule has 2 aromatic rings. The van der Waals surface area contributed by atoms with Crippen LogP contribution >= 0.6 is 0 Å². The van der Waals surface area contributed by atoms with Crippen molar-refractivity contribution < 1.29 is 5.11 Å².